The SMILES string of the molecule is CC(c1ccco1)N(C(=O)c1ccc(-c2ccccc2)cc1)c1ccccn1. The molecule has 28 heavy (non-hydrogen) atoms. The van der Waals surface area contributed by atoms with Crippen LogP contribution in [-0.4, -0.2) is 10.9 Å². The molecule has 0 aliphatic rings. The highest BCUT2D eigenvalue weighted by Crippen LogP contribution is 2.28. The molecule has 2 heterocycles. The Kier molecular flexibility index (Phi) is 5.02. The number of nitrogens with zero attached hydrogens (tertiary/aromatic N) is 2. The molecule has 4 heteroatoms. The van der Waals surface area contributed by atoms with Crippen LogP contribution in [0.3, 0.4) is 0 Å². The molecule has 0 aliphatic heterocycles. The van der Waals surface area contributed by atoms with E-state index in [1.807, 2.05) is 79.7 Å². The van der Waals surface area contributed by atoms with E-state index in [4.69, 9.17) is 4.42 Å². The molecule has 0 radical (unpaired) electrons. The third-order valence-electron chi connectivity index (χ3n) is 4.70. The minimum Gasteiger partial charge on any atom is -0.467 e. The van der Waals surface area contributed by atoms with Crippen LogP contribution in [0.4, 0.5) is 5.82 Å². The summed E-state index contributed by atoms with van der Waals surface area (Å²) in [6.07, 6.45) is 3.30. The second-order valence-electron chi connectivity index (χ2n) is 6.50. The Bertz CT molecular complexity index is 1030. The lowest BCUT2D eigenvalue weighted by atomic mass is 10.0. The van der Waals surface area contributed by atoms with Crippen molar-refractivity contribution in [2.75, 3.05) is 4.90 Å². The summed E-state index contributed by atoms with van der Waals surface area (Å²) >= 11 is 0. The van der Waals surface area contributed by atoms with Crippen LogP contribution in [0.25, 0.3) is 11.1 Å². The number of benzene rings is 2. The highest BCUT2D eigenvalue weighted by Gasteiger charge is 2.27. The number of anilines is 1. The molecule has 0 spiro atoms. The van der Waals surface area contributed by atoms with Gasteiger partial charge in [0.2, 0.25) is 0 Å². The van der Waals surface area contributed by atoms with Gasteiger partial charge in [0.25, 0.3) is 5.91 Å². The van der Waals surface area contributed by atoms with Gasteiger partial charge in [0.1, 0.15) is 11.6 Å². The summed E-state index contributed by atoms with van der Waals surface area (Å²) in [5.74, 6) is 1.17. The van der Waals surface area contributed by atoms with Crippen LogP contribution in [0.1, 0.15) is 29.1 Å². The van der Waals surface area contributed by atoms with Crippen LogP contribution in [0.5, 0.6) is 0 Å². The minimum atomic E-state index is -0.286. The molecule has 1 unspecified atom stereocenters. The van der Waals surface area contributed by atoms with E-state index >= 15 is 0 Å². The predicted molar refractivity (Wildman–Crippen MR) is 110 cm³/mol. The van der Waals surface area contributed by atoms with E-state index in [1.54, 1.807) is 17.4 Å². The summed E-state index contributed by atoms with van der Waals surface area (Å²) in [6.45, 7) is 1.93. The minimum absolute atomic E-state index is 0.123. The lowest BCUT2D eigenvalue weighted by Crippen LogP contribution is -2.34. The summed E-state index contributed by atoms with van der Waals surface area (Å²) in [5, 5.41) is 0. The van der Waals surface area contributed by atoms with Gasteiger partial charge in [-0.15, -0.1) is 0 Å². The van der Waals surface area contributed by atoms with Gasteiger partial charge in [0.05, 0.1) is 12.3 Å². The lowest BCUT2D eigenvalue weighted by Gasteiger charge is -2.27. The summed E-state index contributed by atoms with van der Waals surface area (Å²) in [7, 11) is 0. The van der Waals surface area contributed by atoms with Gasteiger partial charge < -0.3 is 4.42 Å². The number of amides is 1. The average molecular weight is 368 g/mol. The fourth-order valence-corrected chi connectivity index (χ4v) is 3.21. The lowest BCUT2D eigenvalue weighted by molar-refractivity contribution is 0.0974. The fraction of sp³-hybridized carbons (Fsp3) is 0.0833. The number of pyridine rings is 1. The van der Waals surface area contributed by atoms with Gasteiger partial charge in [-0.3, -0.25) is 9.69 Å². The molecule has 0 aliphatic carbocycles. The van der Waals surface area contributed by atoms with Crippen LogP contribution >= 0.6 is 0 Å². The monoisotopic (exact) mass is 368 g/mol. The second-order valence-corrected chi connectivity index (χ2v) is 6.50. The Balaban J connectivity index is 1.67. The Labute approximate surface area is 164 Å². The standard InChI is InChI=1S/C24H20N2O2/c1-18(22-10-7-17-28-22)26(23-11-5-6-16-25-23)24(27)21-14-12-20(13-15-21)19-8-3-2-4-9-19/h2-18H,1H3. The second kappa shape index (κ2) is 7.92. The fourth-order valence-electron chi connectivity index (χ4n) is 3.21. The molecule has 4 rings (SSSR count). The number of hydrogen-bond acceptors (Lipinski definition) is 3. The number of aromatic nitrogens is 1. The van der Waals surface area contributed by atoms with Crippen LogP contribution in [0.2, 0.25) is 0 Å². The van der Waals surface area contributed by atoms with E-state index in [-0.39, 0.29) is 11.9 Å². The zero-order valence-electron chi connectivity index (χ0n) is 15.5. The third kappa shape index (κ3) is 3.58. The van der Waals surface area contributed by atoms with Gasteiger partial charge in [-0.2, -0.15) is 0 Å². The topological polar surface area (TPSA) is 46.3 Å². The maximum absolute atomic E-state index is 13.4. The van der Waals surface area contributed by atoms with Crippen LogP contribution in [0.15, 0.2) is 102 Å². The Hall–Kier alpha value is -3.66. The molecule has 2 aromatic heterocycles. The number of hydrogen-bond donors (Lipinski definition) is 0. The number of carbonyl (C=O) groups is 1. The van der Waals surface area contributed by atoms with Gasteiger partial charge in [-0.25, -0.2) is 4.98 Å². The smallest absolute Gasteiger partial charge is 0.260 e. The molecular formula is C24H20N2O2. The highest BCUT2D eigenvalue weighted by atomic mass is 16.3. The average Bonchev–Trinajstić information content (AvgIpc) is 3.30. The van der Waals surface area contributed by atoms with Crippen molar-refractivity contribution in [3.8, 4) is 11.1 Å². The van der Waals surface area contributed by atoms with Crippen molar-refractivity contribution >= 4 is 11.7 Å². The molecule has 1 atom stereocenters. The quantitative estimate of drug-likeness (QED) is 0.451. The van der Waals surface area contributed by atoms with E-state index in [0.717, 1.165) is 11.1 Å². The Morgan fingerprint density at radius 2 is 1.57 bits per heavy atom. The Morgan fingerprint density at radius 3 is 2.21 bits per heavy atom. The van der Waals surface area contributed by atoms with Crippen LogP contribution in [0, 0.1) is 0 Å². The molecule has 0 bridgehead atoms. The first-order valence-electron chi connectivity index (χ1n) is 9.17. The molecule has 1 amide bonds. The summed E-state index contributed by atoms with van der Waals surface area (Å²) in [5.41, 5.74) is 2.79. The van der Waals surface area contributed by atoms with Crippen LogP contribution < -0.4 is 4.90 Å². The highest BCUT2D eigenvalue weighted by molar-refractivity contribution is 6.06. The maximum atomic E-state index is 13.4. The van der Waals surface area contributed by atoms with E-state index in [1.165, 1.54) is 0 Å². The van der Waals surface area contributed by atoms with Crippen molar-refractivity contribution in [2.24, 2.45) is 0 Å². The normalized spacial score (nSPS) is 11.8. The van der Waals surface area contributed by atoms with Crippen molar-refractivity contribution < 1.29 is 9.21 Å². The molecule has 138 valence electrons. The van der Waals surface area contributed by atoms with Crippen molar-refractivity contribution in [2.45, 2.75) is 13.0 Å². The molecule has 0 saturated heterocycles. The van der Waals surface area contributed by atoms with E-state index in [9.17, 15) is 4.79 Å². The largest absolute Gasteiger partial charge is 0.467 e. The summed E-state index contributed by atoms with van der Waals surface area (Å²) < 4.78 is 5.54. The molecule has 4 aromatic rings. The van der Waals surface area contributed by atoms with Gasteiger partial charge in [0, 0.05) is 11.8 Å². The van der Waals surface area contributed by atoms with E-state index < -0.39 is 0 Å². The maximum Gasteiger partial charge on any atom is 0.260 e. The zero-order valence-corrected chi connectivity index (χ0v) is 15.5. The number of carbonyl (C=O) groups excluding carboxylic acids is 1. The summed E-state index contributed by atoms with van der Waals surface area (Å²) in [6, 6.07) is 26.7. The van der Waals surface area contributed by atoms with E-state index in [2.05, 4.69) is 17.1 Å². The Morgan fingerprint density at radius 1 is 0.857 bits per heavy atom. The van der Waals surface area contributed by atoms with Crippen LogP contribution in [-0.2, 0) is 0 Å². The first kappa shape index (κ1) is 17.7. The number of rotatable bonds is 5. The molecule has 2 aromatic carbocycles. The van der Waals surface area contributed by atoms with Gasteiger partial charge in [0.15, 0.2) is 0 Å². The molecule has 0 N–H and O–H groups in total. The van der Waals surface area contributed by atoms with Crippen molar-refractivity contribution in [3.63, 3.8) is 0 Å². The molecular weight excluding hydrogens is 348 g/mol. The van der Waals surface area contributed by atoms with Crippen molar-refractivity contribution in [1.29, 1.82) is 0 Å². The first-order valence-corrected chi connectivity index (χ1v) is 9.17. The number of furan rings is 1. The first-order chi connectivity index (χ1) is 13.7. The van der Waals surface area contributed by atoms with Crippen molar-refractivity contribution in [1.82, 2.24) is 4.98 Å². The molecule has 4 nitrogen and oxygen atoms in total. The molecule has 0 fully saturated rings. The van der Waals surface area contributed by atoms with Crippen molar-refractivity contribution in [3.05, 3.63) is 109 Å². The molecule has 0 saturated carbocycles. The van der Waals surface area contributed by atoms with Gasteiger partial charge in [-0.1, -0.05) is 48.5 Å². The van der Waals surface area contributed by atoms with Gasteiger partial charge in [-0.05, 0) is 54.4 Å². The van der Waals surface area contributed by atoms with Gasteiger partial charge >= 0.3 is 0 Å². The van der Waals surface area contributed by atoms with E-state index in [0.29, 0.717) is 17.1 Å². The zero-order chi connectivity index (χ0) is 19.3. The third-order valence-corrected chi connectivity index (χ3v) is 4.70. The summed E-state index contributed by atoms with van der Waals surface area (Å²) in [4.78, 5) is 19.4. The predicted octanol–water partition coefficient (Wildman–Crippen LogP) is 5.75.